The molecule has 5 nitrogen and oxygen atoms in total. The number of methoxy groups -OCH3 is 1. The van der Waals surface area contributed by atoms with Crippen LogP contribution < -0.4 is 4.74 Å². The van der Waals surface area contributed by atoms with Crippen molar-refractivity contribution in [1.82, 2.24) is 8.75 Å². The Labute approximate surface area is 91.3 Å². The van der Waals surface area contributed by atoms with Crippen molar-refractivity contribution < 1.29 is 14.2 Å². The highest BCUT2D eigenvalue weighted by molar-refractivity contribution is 6.99. The third-order valence-electron chi connectivity index (χ3n) is 1.32. The van der Waals surface area contributed by atoms with Crippen molar-refractivity contribution in [3.63, 3.8) is 0 Å². The van der Waals surface area contributed by atoms with Gasteiger partial charge in [0.2, 0.25) is 5.15 Å². The first kappa shape index (κ1) is 11.6. The monoisotopic (exact) mass is 238 g/mol. The van der Waals surface area contributed by atoms with Crippen molar-refractivity contribution in [2.75, 3.05) is 33.5 Å². The summed E-state index contributed by atoms with van der Waals surface area (Å²) in [5, 5.41) is 0.298. The molecule has 0 aliphatic rings. The van der Waals surface area contributed by atoms with Crippen molar-refractivity contribution in [2.24, 2.45) is 0 Å². The third kappa shape index (κ3) is 4.19. The zero-order valence-corrected chi connectivity index (χ0v) is 9.31. The van der Waals surface area contributed by atoms with Crippen LogP contribution in [-0.2, 0) is 9.47 Å². The molecular weight excluding hydrogens is 228 g/mol. The lowest BCUT2D eigenvalue weighted by atomic mass is 10.7. The van der Waals surface area contributed by atoms with Crippen LogP contribution in [0.4, 0.5) is 0 Å². The predicted molar refractivity (Wildman–Crippen MR) is 53.1 cm³/mol. The van der Waals surface area contributed by atoms with E-state index in [1.54, 1.807) is 7.11 Å². The Kier molecular flexibility index (Phi) is 5.77. The second-order valence-electron chi connectivity index (χ2n) is 2.31. The quantitative estimate of drug-likeness (QED) is 0.669. The first-order valence-electron chi connectivity index (χ1n) is 4.02. The number of halogens is 1. The molecule has 0 radical (unpaired) electrons. The van der Waals surface area contributed by atoms with Crippen molar-refractivity contribution in [3.05, 3.63) is 5.15 Å². The lowest BCUT2D eigenvalue weighted by molar-refractivity contribution is 0.0538. The maximum Gasteiger partial charge on any atom is 0.265 e. The van der Waals surface area contributed by atoms with E-state index in [4.69, 9.17) is 25.8 Å². The van der Waals surface area contributed by atoms with Crippen LogP contribution in [0.5, 0.6) is 5.88 Å². The van der Waals surface area contributed by atoms with Gasteiger partial charge in [-0.05, 0) is 0 Å². The minimum atomic E-state index is 0.298. The highest BCUT2D eigenvalue weighted by Crippen LogP contribution is 2.19. The fraction of sp³-hybridized carbons (Fsp3) is 0.714. The average Bonchev–Trinajstić information content (AvgIpc) is 2.58. The van der Waals surface area contributed by atoms with Gasteiger partial charge in [0.05, 0.1) is 31.5 Å². The molecule has 0 bridgehead atoms. The lowest BCUT2D eigenvalue weighted by Crippen LogP contribution is -2.10. The molecule has 0 aromatic carbocycles. The summed E-state index contributed by atoms with van der Waals surface area (Å²) in [5.74, 6) is 0.368. The van der Waals surface area contributed by atoms with Gasteiger partial charge in [-0.15, -0.1) is 4.37 Å². The molecule has 0 spiro atoms. The van der Waals surface area contributed by atoms with Gasteiger partial charge < -0.3 is 14.2 Å². The van der Waals surface area contributed by atoms with E-state index >= 15 is 0 Å². The van der Waals surface area contributed by atoms with Gasteiger partial charge in [-0.25, -0.2) is 0 Å². The summed E-state index contributed by atoms with van der Waals surface area (Å²) < 4.78 is 22.8. The Bertz CT molecular complexity index is 259. The normalized spacial score (nSPS) is 10.4. The maximum atomic E-state index is 5.65. The molecule has 0 unspecified atom stereocenters. The molecule has 1 heterocycles. The summed E-state index contributed by atoms with van der Waals surface area (Å²) in [4.78, 5) is 0. The molecule has 0 N–H and O–H groups in total. The average molecular weight is 239 g/mol. The number of hydrogen-bond acceptors (Lipinski definition) is 6. The van der Waals surface area contributed by atoms with Gasteiger partial charge in [0, 0.05) is 7.11 Å². The maximum absolute atomic E-state index is 5.65. The van der Waals surface area contributed by atoms with E-state index in [0.29, 0.717) is 37.5 Å². The van der Waals surface area contributed by atoms with Crippen LogP contribution in [0.2, 0.25) is 5.15 Å². The SMILES string of the molecule is COCCOCCOc1nsnc1Cl. The van der Waals surface area contributed by atoms with Gasteiger partial charge >= 0.3 is 0 Å². The summed E-state index contributed by atoms with van der Waals surface area (Å²) in [6.45, 7) is 2.04. The van der Waals surface area contributed by atoms with Crippen LogP contribution >= 0.6 is 23.3 Å². The van der Waals surface area contributed by atoms with Crippen molar-refractivity contribution in [3.8, 4) is 5.88 Å². The summed E-state index contributed by atoms with van der Waals surface area (Å²) >= 11 is 6.67. The minimum Gasteiger partial charge on any atom is -0.472 e. The van der Waals surface area contributed by atoms with Crippen LogP contribution in [0.15, 0.2) is 0 Å². The largest absolute Gasteiger partial charge is 0.472 e. The van der Waals surface area contributed by atoms with Gasteiger partial charge in [-0.3, -0.25) is 0 Å². The summed E-state index contributed by atoms with van der Waals surface area (Å²) in [7, 11) is 1.63. The highest BCUT2D eigenvalue weighted by atomic mass is 35.5. The van der Waals surface area contributed by atoms with Crippen LogP contribution in [0.3, 0.4) is 0 Å². The van der Waals surface area contributed by atoms with E-state index in [-0.39, 0.29) is 0 Å². The Morgan fingerprint density at radius 1 is 1.21 bits per heavy atom. The smallest absolute Gasteiger partial charge is 0.265 e. The van der Waals surface area contributed by atoms with Crippen molar-refractivity contribution in [1.29, 1.82) is 0 Å². The van der Waals surface area contributed by atoms with E-state index in [2.05, 4.69) is 8.75 Å². The fourth-order valence-electron chi connectivity index (χ4n) is 0.698. The zero-order valence-electron chi connectivity index (χ0n) is 7.73. The fourth-order valence-corrected chi connectivity index (χ4v) is 1.34. The van der Waals surface area contributed by atoms with Gasteiger partial charge in [0.25, 0.3) is 5.88 Å². The highest BCUT2D eigenvalue weighted by Gasteiger charge is 2.05. The van der Waals surface area contributed by atoms with E-state index in [1.807, 2.05) is 0 Å². The second kappa shape index (κ2) is 6.94. The van der Waals surface area contributed by atoms with E-state index in [0.717, 1.165) is 11.7 Å². The molecule has 0 saturated carbocycles. The molecule has 14 heavy (non-hydrogen) atoms. The topological polar surface area (TPSA) is 53.5 Å². The molecule has 0 saturated heterocycles. The molecule has 7 heteroatoms. The molecule has 0 aliphatic heterocycles. The van der Waals surface area contributed by atoms with E-state index in [9.17, 15) is 0 Å². The van der Waals surface area contributed by atoms with E-state index < -0.39 is 0 Å². The molecule has 0 aliphatic carbocycles. The molecule has 1 aromatic heterocycles. The van der Waals surface area contributed by atoms with Crippen LogP contribution in [0, 0.1) is 0 Å². The Hall–Kier alpha value is -0.430. The van der Waals surface area contributed by atoms with Gasteiger partial charge in [-0.2, -0.15) is 4.37 Å². The van der Waals surface area contributed by atoms with Crippen molar-refractivity contribution in [2.45, 2.75) is 0 Å². The van der Waals surface area contributed by atoms with Gasteiger partial charge in [-0.1, -0.05) is 11.6 Å². The molecule has 0 fully saturated rings. The molecule has 80 valence electrons. The zero-order chi connectivity index (χ0) is 10.2. The number of ether oxygens (including phenoxy) is 3. The molecular formula is C7H11ClN2O3S. The van der Waals surface area contributed by atoms with Crippen LogP contribution in [0.25, 0.3) is 0 Å². The summed E-state index contributed by atoms with van der Waals surface area (Å²) in [5.41, 5.74) is 0. The Morgan fingerprint density at radius 2 is 2.00 bits per heavy atom. The minimum absolute atomic E-state index is 0.298. The van der Waals surface area contributed by atoms with Crippen LogP contribution in [-0.4, -0.2) is 42.3 Å². The third-order valence-corrected chi connectivity index (χ3v) is 2.18. The Balaban J connectivity index is 2.02. The molecule has 0 amide bonds. The number of aromatic nitrogens is 2. The standard InChI is InChI=1S/C7H11ClN2O3S/c1-11-2-3-12-4-5-13-7-6(8)9-14-10-7/h2-5H2,1H3. The predicted octanol–water partition coefficient (Wildman–Crippen LogP) is 1.23. The van der Waals surface area contributed by atoms with Crippen LogP contribution in [0.1, 0.15) is 0 Å². The van der Waals surface area contributed by atoms with Crippen molar-refractivity contribution >= 4 is 23.3 Å². The second-order valence-corrected chi connectivity index (χ2v) is 3.20. The van der Waals surface area contributed by atoms with Gasteiger partial charge in [0.1, 0.15) is 6.61 Å². The summed E-state index contributed by atoms with van der Waals surface area (Å²) in [6.07, 6.45) is 0. The molecule has 1 aromatic rings. The first-order chi connectivity index (χ1) is 6.84. The van der Waals surface area contributed by atoms with Gasteiger partial charge in [0.15, 0.2) is 0 Å². The Morgan fingerprint density at radius 3 is 2.64 bits per heavy atom. The number of hydrogen-bond donors (Lipinski definition) is 0. The number of nitrogens with zero attached hydrogens (tertiary/aromatic N) is 2. The number of rotatable bonds is 7. The molecule has 0 atom stereocenters. The first-order valence-corrected chi connectivity index (χ1v) is 5.13. The summed E-state index contributed by atoms with van der Waals surface area (Å²) in [6, 6.07) is 0. The van der Waals surface area contributed by atoms with E-state index in [1.165, 1.54) is 0 Å². The lowest BCUT2D eigenvalue weighted by Gasteiger charge is -2.03. The molecule has 1 rings (SSSR count).